The maximum absolute atomic E-state index is 13.2. The van der Waals surface area contributed by atoms with Crippen molar-refractivity contribution in [3.8, 4) is 5.75 Å². The molecule has 1 aliphatic heterocycles. The number of hydrogen-bond donors (Lipinski definition) is 0. The minimum absolute atomic E-state index is 0.126. The topological polar surface area (TPSA) is 38.8 Å². The summed E-state index contributed by atoms with van der Waals surface area (Å²) in [5.74, 6) is 0.989. The Morgan fingerprint density at radius 1 is 1.14 bits per heavy atom. The van der Waals surface area contributed by atoms with Crippen LogP contribution in [-0.4, -0.2) is 36.2 Å². The van der Waals surface area contributed by atoms with Gasteiger partial charge in [0, 0.05) is 19.1 Å². The lowest BCUT2D eigenvalue weighted by molar-refractivity contribution is -0.142. The Morgan fingerprint density at radius 3 is 2.36 bits per heavy atom. The number of benzene rings is 2. The van der Waals surface area contributed by atoms with Gasteiger partial charge in [0.05, 0.1) is 18.8 Å². The number of ether oxygens (including phenoxy) is 2. The number of amides is 1. The largest absolute Gasteiger partial charge is 0.497 e. The molecule has 0 unspecified atom stereocenters. The van der Waals surface area contributed by atoms with Gasteiger partial charge in [0.25, 0.3) is 0 Å². The van der Waals surface area contributed by atoms with Crippen molar-refractivity contribution >= 4 is 5.91 Å². The second kappa shape index (κ2) is 8.78. The van der Waals surface area contributed by atoms with Crippen LogP contribution in [0.5, 0.6) is 5.75 Å². The van der Waals surface area contributed by atoms with Crippen LogP contribution in [0.25, 0.3) is 0 Å². The minimum Gasteiger partial charge on any atom is -0.497 e. The highest BCUT2D eigenvalue weighted by Gasteiger charge is 2.38. The lowest BCUT2D eigenvalue weighted by atomic mass is 9.88. The second-order valence-electron chi connectivity index (χ2n) is 8.00. The van der Waals surface area contributed by atoms with Crippen molar-refractivity contribution in [2.75, 3.05) is 13.7 Å². The molecule has 0 radical (unpaired) electrons. The first kappa shape index (κ1) is 20.4. The van der Waals surface area contributed by atoms with Crippen LogP contribution < -0.4 is 4.74 Å². The van der Waals surface area contributed by atoms with Gasteiger partial charge in [-0.05, 0) is 49.9 Å². The zero-order valence-corrected chi connectivity index (χ0v) is 17.4. The van der Waals surface area contributed by atoms with E-state index in [1.165, 1.54) is 0 Å². The van der Waals surface area contributed by atoms with Crippen LogP contribution >= 0.6 is 0 Å². The molecule has 4 heteroatoms. The first-order chi connectivity index (χ1) is 13.4. The zero-order valence-electron chi connectivity index (χ0n) is 17.4. The summed E-state index contributed by atoms with van der Waals surface area (Å²) < 4.78 is 11.3. The second-order valence-corrected chi connectivity index (χ2v) is 8.00. The number of nitrogens with zero attached hydrogens (tertiary/aromatic N) is 1. The third kappa shape index (κ3) is 4.56. The minimum atomic E-state index is -0.226. The fourth-order valence-corrected chi connectivity index (χ4v) is 4.11. The maximum Gasteiger partial charge on any atom is 0.223 e. The van der Waals surface area contributed by atoms with Gasteiger partial charge in [0.2, 0.25) is 5.91 Å². The Bertz CT molecular complexity index is 770. The predicted molar refractivity (Wildman–Crippen MR) is 111 cm³/mol. The maximum atomic E-state index is 13.2. The van der Waals surface area contributed by atoms with Crippen LogP contribution in [0.2, 0.25) is 0 Å². The number of rotatable bonds is 6. The summed E-state index contributed by atoms with van der Waals surface area (Å²) in [6.07, 6.45) is 2.17. The molecule has 0 spiro atoms. The van der Waals surface area contributed by atoms with Gasteiger partial charge < -0.3 is 14.4 Å². The van der Waals surface area contributed by atoms with Crippen LogP contribution in [0.3, 0.4) is 0 Å². The van der Waals surface area contributed by atoms with E-state index in [4.69, 9.17) is 9.47 Å². The normalized spacial score (nSPS) is 19.6. The number of hydrogen-bond acceptors (Lipinski definition) is 3. The third-order valence-corrected chi connectivity index (χ3v) is 5.48. The molecule has 2 aromatic rings. The van der Waals surface area contributed by atoms with E-state index in [0.717, 1.165) is 29.7 Å². The van der Waals surface area contributed by atoms with Crippen LogP contribution in [0.4, 0.5) is 0 Å². The molecule has 0 aliphatic carbocycles. The van der Waals surface area contributed by atoms with Gasteiger partial charge in [-0.25, -0.2) is 0 Å². The molecule has 0 saturated carbocycles. The van der Waals surface area contributed by atoms with E-state index in [0.29, 0.717) is 13.0 Å². The summed E-state index contributed by atoms with van der Waals surface area (Å²) in [5, 5.41) is 0. The SMILES string of the molecule is CCC(=O)N([C@@H]1CCOC(C)(C)C1)[C@H](c1ccccc1)c1ccc(OC)cc1. The van der Waals surface area contributed by atoms with Crippen LogP contribution in [0, 0.1) is 0 Å². The molecule has 28 heavy (non-hydrogen) atoms. The van der Waals surface area contributed by atoms with E-state index < -0.39 is 0 Å². The van der Waals surface area contributed by atoms with Gasteiger partial charge in [-0.1, -0.05) is 49.4 Å². The first-order valence-electron chi connectivity index (χ1n) is 10.1. The molecule has 4 nitrogen and oxygen atoms in total. The van der Waals surface area contributed by atoms with E-state index in [1.807, 2.05) is 37.3 Å². The Morgan fingerprint density at radius 2 is 1.79 bits per heavy atom. The van der Waals surface area contributed by atoms with Crippen molar-refractivity contribution in [1.82, 2.24) is 4.90 Å². The zero-order chi connectivity index (χ0) is 20.1. The van der Waals surface area contributed by atoms with E-state index in [9.17, 15) is 4.79 Å². The molecule has 1 heterocycles. The Labute approximate surface area is 168 Å². The molecule has 2 aromatic carbocycles. The molecule has 0 aromatic heterocycles. The van der Waals surface area contributed by atoms with Gasteiger partial charge in [0.15, 0.2) is 0 Å². The monoisotopic (exact) mass is 381 g/mol. The lowest BCUT2D eigenvalue weighted by Crippen LogP contribution is -2.50. The molecule has 0 bridgehead atoms. The van der Waals surface area contributed by atoms with E-state index in [2.05, 4.69) is 43.0 Å². The highest BCUT2D eigenvalue weighted by Crippen LogP contribution is 2.37. The summed E-state index contributed by atoms with van der Waals surface area (Å²) in [6, 6.07) is 18.4. The lowest BCUT2D eigenvalue weighted by Gasteiger charge is -2.45. The van der Waals surface area contributed by atoms with Crippen LogP contribution in [-0.2, 0) is 9.53 Å². The molecule has 1 fully saturated rings. The molecular formula is C24H31NO3. The quantitative estimate of drug-likeness (QED) is 0.708. The van der Waals surface area contributed by atoms with Crippen LogP contribution in [0.1, 0.15) is 57.2 Å². The molecule has 3 rings (SSSR count). The smallest absolute Gasteiger partial charge is 0.223 e. The number of methoxy groups -OCH3 is 1. The summed E-state index contributed by atoms with van der Waals surface area (Å²) in [4.78, 5) is 15.3. The van der Waals surface area contributed by atoms with Crippen molar-refractivity contribution in [1.29, 1.82) is 0 Å². The van der Waals surface area contributed by atoms with Crippen molar-refractivity contribution in [3.05, 3.63) is 65.7 Å². The fraction of sp³-hybridized carbons (Fsp3) is 0.458. The van der Waals surface area contributed by atoms with Crippen molar-refractivity contribution in [2.24, 2.45) is 0 Å². The highest BCUT2D eigenvalue weighted by atomic mass is 16.5. The summed E-state index contributed by atoms with van der Waals surface area (Å²) >= 11 is 0. The molecule has 1 saturated heterocycles. The third-order valence-electron chi connectivity index (χ3n) is 5.48. The van der Waals surface area contributed by atoms with Crippen molar-refractivity contribution in [3.63, 3.8) is 0 Å². The summed E-state index contributed by atoms with van der Waals surface area (Å²) in [6.45, 7) is 6.84. The van der Waals surface area contributed by atoms with E-state index >= 15 is 0 Å². The Hall–Kier alpha value is -2.33. The van der Waals surface area contributed by atoms with E-state index in [1.54, 1.807) is 7.11 Å². The van der Waals surface area contributed by atoms with Gasteiger partial charge in [-0.15, -0.1) is 0 Å². The standard InChI is InChI=1S/C24H31NO3/c1-5-22(26)25(20-15-16-28-24(2,3)17-20)23(18-9-7-6-8-10-18)19-11-13-21(27-4)14-12-19/h6-14,20,23H,5,15-17H2,1-4H3/t20-,23-/m1/s1. The van der Waals surface area contributed by atoms with Gasteiger partial charge in [-0.2, -0.15) is 0 Å². The number of carbonyl (C=O) groups excluding carboxylic acids is 1. The molecule has 1 aliphatic rings. The van der Waals surface area contributed by atoms with E-state index in [-0.39, 0.29) is 23.6 Å². The fourth-order valence-electron chi connectivity index (χ4n) is 4.11. The Kier molecular flexibility index (Phi) is 6.40. The Balaban J connectivity index is 2.07. The molecule has 2 atom stereocenters. The van der Waals surface area contributed by atoms with Gasteiger partial charge in [-0.3, -0.25) is 4.79 Å². The van der Waals surface area contributed by atoms with Gasteiger partial charge >= 0.3 is 0 Å². The molecule has 0 N–H and O–H groups in total. The van der Waals surface area contributed by atoms with Gasteiger partial charge in [0.1, 0.15) is 5.75 Å². The predicted octanol–water partition coefficient (Wildman–Crippen LogP) is 4.98. The first-order valence-corrected chi connectivity index (χ1v) is 10.1. The summed E-state index contributed by atoms with van der Waals surface area (Å²) in [5.41, 5.74) is 1.99. The average Bonchev–Trinajstić information content (AvgIpc) is 2.71. The van der Waals surface area contributed by atoms with Crippen molar-refractivity contribution in [2.45, 2.75) is 57.7 Å². The van der Waals surface area contributed by atoms with Crippen molar-refractivity contribution < 1.29 is 14.3 Å². The summed E-state index contributed by atoms with van der Waals surface area (Å²) in [7, 11) is 1.67. The molecule has 1 amide bonds. The highest BCUT2D eigenvalue weighted by molar-refractivity contribution is 5.77. The van der Waals surface area contributed by atoms with Crippen LogP contribution in [0.15, 0.2) is 54.6 Å². The molecule has 150 valence electrons. The number of carbonyl (C=O) groups is 1. The molecular weight excluding hydrogens is 350 g/mol. The average molecular weight is 382 g/mol.